The van der Waals surface area contributed by atoms with Crippen LogP contribution in [0.25, 0.3) is 0 Å². The second-order valence-corrected chi connectivity index (χ2v) is 7.98. The van der Waals surface area contributed by atoms with Gasteiger partial charge in [-0.15, -0.1) is 4.52 Å². The van der Waals surface area contributed by atoms with Crippen molar-refractivity contribution in [3.05, 3.63) is 89.5 Å². The Morgan fingerprint density at radius 3 is 2.04 bits per heavy atom. The quantitative estimate of drug-likeness (QED) is 0.390. The molecule has 0 amide bonds. The molecule has 0 aliphatic rings. The van der Waals surface area contributed by atoms with E-state index in [0.29, 0.717) is 20.1 Å². The first-order valence-electron chi connectivity index (χ1n) is 8.53. The third kappa shape index (κ3) is 6.06. The molecule has 0 spiro atoms. The Morgan fingerprint density at radius 1 is 0.741 bits per heavy atom. The average molecular weight is 397 g/mol. The minimum atomic E-state index is -1.55. The van der Waals surface area contributed by atoms with Gasteiger partial charge in [0.1, 0.15) is 17.2 Å². The molecule has 4 nitrogen and oxygen atoms in total. The predicted octanol–water partition coefficient (Wildman–Crippen LogP) is 7.42. The van der Waals surface area contributed by atoms with E-state index in [1.807, 2.05) is 80.6 Å². The molecule has 0 bridgehead atoms. The summed E-state index contributed by atoms with van der Waals surface area (Å²) in [5.74, 6) is 2.23. The topological polar surface area (TPSA) is 40.0 Å². The van der Waals surface area contributed by atoms with Gasteiger partial charge in [-0.25, -0.2) is 0 Å². The molecule has 3 rings (SSSR count). The summed E-state index contributed by atoms with van der Waals surface area (Å²) in [4.78, 5) is 0. The van der Waals surface area contributed by atoms with E-state index in [1.54, 1.807) is 0 Å². The van der Waals surface area contributed by atoms with Crippen molar-refractivity contribution < 1.29 is 13.6 Å². The molecule has 0 aliphatic carbocycles. The Balaban J connectivity index is 1.72. The predicted molar refractivity (Wildman–Crippen MR) is 112 cm³/mol. The van der Waals surface area contributed by atoms with Crippen LogP contribution >= 0.6 is 17.1 Å². The molecule has 0 fully saturated rings. The van der Waals surface area contributed by atoms with Gasteiger partial charge < -0.3 is 13.6 Å². The van der Waals surface area contributed by atoms with Crippen molar-refractivity contribution in [3.8, 4) is 17.2 Å². The minimum absolute atomic E-state index is 0.434. The maximum Gasteiger partial charge on any atom is 0.444 e. The number of hydrogen-bond donors (Lipinski definition) is 0. The van der Waals surface area contributed by atoms with Crippen molar-refractivity contribution in [3.63, 3.8) is 0 Å². The van der Waals surface area contributed by atoms with E-state index in [4.69, 9.17) is 13.6 Å². The number of aryl methyl sites for hydroxylation is 3. The number of nitrogens with zero attached hydrogens (tertiary/aromatic N) is 1. The molecule has 1 atom stereocenters. The maximum absolute atomic E-state index is 5.95. The van der Waals surface area contributed by atoms with Crippen LogP contribution < -0.4 is 13.6 Å². The van der Waals surface area contributed by atoms with E-state index in [2.05, 4.69) is 17.5 Å². The van der Waals surface area contributed by atoms with E-state index in [-0.39, 0.29) is 0 Å². The van der Waals surface area contributed by atoms with Gasteiger partial charge in [0.05, 0.1) is 0 Å². The maximum atomic E-state index is 5.95. The second-order valence-electron chi connectivity index (χ2n) is 6.08. The first kappa shape index (κ1) is 19.4. The SMILES string of the molecule is Cc1ccc(OP(N=POc2ccc(C)cc2C)Oc2ccccc2)cc1. The fourth-order valence-corrected chi connectivity index (χ4v) is 3.92. The van der Waals surface area contributed by atoms with Crippen molar-refractivity contribution in [2.24, 2.45) is 4.52 Å². The van der Waals surface area contributed by atoms with Gasteiger partial charge in [-0.05, 0) is 56.7 Å². The van der Waals surface area contributed by atoms with Crippen LogP contribution in [0.15, 0.2) is 77.3 Å². The molecule has 138 valence electrons. The molecule has 3 aromatic rings. The Kier molecular flexibility index (Phi) is 6.81. The van der Waals surface area contributed by atoms with Crippen LogP contribution in [-0.2, 0) is 0 Å². The molecule has 0 N–H and O–H groups in total. The van der Waals surface area contributed by atoms with E-state index >= 15 is 0 Å². The second kappa shape index (κ2) is 9.50. The lowest BCUT2D eigenvalue weighted by atomic mass is 10.1. The molecule has 6 heteroatoms. The minimum Gasteiger partial charge on any atom is -0.422 e. The first-order valence-corrected chi connectivity index (χ1v) is 10.4. The lowest BCUT2D eigenvalue weighted by Crippen LogP contribution is -1.93. The summed E-state index contributed by atoms with van der Waals surface area (Å²) in [6.07, 6.45) is 0. The summed E-state index contributed by atoms with van der Waals surface area (Å²) in [6.45, 7) is 6.11. The van der Waals surface area contributed by atoms with E-state index < -0.39 is 8.53 Å². The van der Waals surface area contributed by atoms with Gasteiger partial charge in [-0.2, -0.15) is 0 Å². The molecular weight excluding hydrogens is 376 g/mol. The Hall–Kier alpha value is -2.41. The van der Waals surface area contributed by atoms with Crippen LogP contribution in [0.1, 0.15) is 16.7 Å². The van der Waals surface area contributed by atoms with Crippen molar-refractivity contribution in [2.45, 2.75) is 20.8 Å². The molecule has 27 heavy (non-hydrogen) atoms. The number of para-hydroxylation sites is 1. The Labute approximate surface area is 163 Å². The Morgan fingerprint density at radius 2 is 1.37 bits per heavy atom. The van der Waals surface area contributed by atoms with Crippen molar-refractivity contribution in [1.82, 2.24) is 0 Å². The highest BCUT2D eigenvalue weighted by Gasteiger charge is 2.14. The van der Waals surface area contributed by atoms with Crippen LogP contribution in [-0.4, -0.2) is 0 Å². The third-order valence-electron chi connectivity index (χ3n) is 3.71. The van der Waals surface area contributed by atoms with Crippen LogP contribution in [0, 0.1) is 20.8 Å². The van der Waals surface area contributed by atoms with Crippen LogP contribution in [0.4, 0.5) is 0 Å². The zero-order valence-electron chi connectivity index (χ0n) is 15.5. The highest BCUT2D eigenvalue weighted by atomic mass is 31.2. The van der Waals surface area contributed by atoms with Gasteiger partial charge in [-0.1, -0.05) is 53.6 Å². The van der Waals surface area contributed by atoms with E-state index in [9.17, 15) is 0 Å². The van der Waals surface area contributed by atoms with Gasteiger partial charge in [0.15, 0.2) is 0 Å². The van der Waals surface area contributed by atoms with Gasteiger partial charge in [0.25, 0.3) is 8.60 Å². The summed E-state index contributed by atoms with van der Waals surface area (Å²) in [7, 11) is -1.11. The van der Waals surface area contributed by atoms with Gasteiger partial charge in [0.2, 0.25) is 0 Å². The van der Waals surface area contributed by atoms with E-state index in [1.165, 1.54) is 11.1 Å². The van der Waals surface area contributed by atoms with Gasteiger partial charge in [-0.3, -0.25) is 0 Å². The fraction of sp³-hybridized carbons (Fsp3) is 0.143. The van der Waals surface area contributed by atoms with Crippen LogP contribution in [0.3, 0.4) is 0 Å². The van der Waals surface area contributed by atoms with Crippen molar-refractivity contribution >= 4 is 17.1 Å². The van der Waals surface area contributed by atoms with Crippen LogP contribution in [0.2, 0.25) is 0 Å². The molecule has 3 aromatic carbocycles. The van der Waals surface area contributed by atoms with E-state index in [0.717, 1.165) is 11.3 Å². The van der Waals surface area contributed by atoms with Crippen LogP contribution in [0.5, 0.6) is 17.2 Å². The average Bonchev–Trinajstić information content (AvgIpc) is 2.66. The summed E-state index contributed by atoms with van der Waals surface area (Å²) in [6, 6.07) is 23.4. The first-order chi connectivity index (χ1) is 13.1. The smallest absolute Gasteiger partial charge is 0.422 e. The number of benzene rings is 3. The number of rotatable bonds is 7. The Bertz CT molecular complexity index is 899. The molecular formula is C21H21NO3P2. The van der Waals surface area contributed by atoms with Gasteiger partial charge >= 0.3 is 8.53 Å². The summed E-state index contributed by atoms with van der Waals surface area (Å²) < 4.78 is 22.1. The summed E-state index contributed by atoms with van der Waals surface area (Å²) in [5, 5.41) is 0. The highest BCUT2D eigenvalue weighted by Crippen LogP contribution is 2.44. The molecule has 0 heterocycles. The lowest BCUT2D eigenvalue weighted by molar-refractivity contribution is 0.491. The number of hydrogen-bond acceptors (Lipinski definition) is 4. The molecule has 0 aliphatic heterocycles. The normalized spacial score (nSPS) is 12.0. The zero-order chi connectivity index (χ0) is 19.1. The fourth-order valence-electron chi connectivity index (χ4n) is 2.31. The zero-order valence-corrected chi connectivity index (χ0v) is 17.3. The molecule has 0 aromatic heterocycles. The standard InChI is InChI=1S/C21H21NO3P2/c1-16-9-12-20(13-10-16)25-27(24-19-7-5-4-6-8-19)22-26-23-21-14-11-17(2)15-18(21)3/h4-15H,1-3H3. The third-order valence-corrected chi connectivity index (χ3v) is 5.60. The molecule has 0 saturated heterocycles. The monoisotopic (exact) mass is 397 g/mol. The summed E-state index contributed by atoms with van der Waals surface area (Å²) in [5.41, 5.74) is 3.44. The lowest BCUT2D eigenvalue weighted by Gasteiger charge is -2.13. The van der Waals surface area contributed by atoms with Crippen molar-refractivity contribution in [2.75, 3.05) is 0 Å². The molecule has 0 saturated carbocycles. The highest BCUT2D eigenvalue weighted by molar-refractivity contribution is 7.51. The van der Waals surface area contributed by atoms with Crippen molar-refractivity contribution in [1.29, 1.82) is 0 Å². The molecule has 0 radical (unpaired) electrons. The largest absolute Gasteiger partial charge is 0.444 e. The summed E-state index contributed by atoms with van der Waals surface area (Å²) >= 11 is 0. The van der Waals surface area contributed by atoms with Gasteiger partial charge in [0, 0.05) is 0 Å². The molecule has 1 unspecified atom stereocenters.